The molecule has 0 saturated heterocycles. The van der Waals surface area contributed by atoms with Gasteiger partial charge >= 0.3 is 5.97 Å². The van der Waals surface area contributed by atoms with Crippen LogP contribution in [0.25, 0.3) is 5.69 Å². The lowest BCUT2D eigenvalue weighted by Crippen LogP contribution is -2.17. The molecule has 1 aromatic heterocycles. The molecule has 30 heavy (non-hydrogen) atoms. The summed E-state index contributed by atoms with van der Waals surface area (Å²) in [4.78, 5) is 24.2. The first-order chi connectivity index (χ1) is 14.4. The van der Waals surface area contributed by atoms with Crippen LogP contribution in [0, 0.1) is 13.8 Å². The number of aryl methyl sites for hydroxylation is 1. The van der Waals surface area contributed by atoms with Gasteiger partial charge in [0.25, 0.3) is 5.91 Å². The first-order valence-corrected chi connectivity index (χ1v) is 9.84. The van der Waals surface area contributed by atoms with E-state index in [2.05, 4.69) is 10.5 Å². The Morgan fingerprint density at radius 2 is 1.83 bits per heavy atom. The van der Waals surface area contributed by atoms with Gasteiger partial charge in [-0.3, -0.25) is 4.79 Å². The minimum Gasteiger partial charge on any atom is -0.462 e. The van der Waals surface area contributed by atoms with E-state index in [1.807, 2.05) is 36.6 Å². The van der Waals surface area contributed by atoms with Gasteiger partial charge in [-0.15, -0.1) is 0 Å². The average Bonchev–Trinajstić information content (AvgIpc) is 3.01. The lowest BCUT2D eigenvalue weighted by atomic mass is 10.2. The fourth-order valence-corrected chi connectivity index (χ4v) is 3.35. The molecular formula is C23H22ClN3O3. The molecule has 1 amide bonds. The number of carbonyl (C=O) groups excluding carboxylic acids is 2. The zero-order chi connectivity index (χ0) is 21.7. The summed E-state index contributed by atoms with van der Waals surface area (Å²) in [5.41, 5.74) is 7.02. The van der Waals surface area contributed by atoms with Crippen molar-refractivity contribution in [1.82, 2.24) is 9.99 Å². The molecule has 0 aliphatic heterocycles. The van der Waals surface area contributed by atoms with E-state index >= 15 is 0 Å². The molecule has 3 rings (SSSR count). The van der Waals surface area contributed by atoms with E-state index in [4.69, 9.17) is 16.3 Å². The third-order valence-electron chi connectivity index (χ3n) is 4.54. The molecular weight excluding hydrogens is 402 g/mol. The van der Waals surface area contributed by atoms with E-state index in [0.29, 0.717) is 22.8 Å². The second-order valence-corrected chi connectivity index (χ2v) is 7.08. The van der Waals surface area contributed by atoms with Gasteiger partial charge in [-0.25, -0.2) is 10.2 Å². The lowest BCUT2D eigenvalue weighted by molar-refractivity contribution is 0.0526. The number of nitrogens with zero attached hydrogens (tertiary/aromatic N) is 2. The van der Waals surface area contributed by atoms with Gasteiger partial charge in [0.05, 0.1) is 18.4 Å². The highest BCUT2D eigenvalue weighted by Gasteiger charge is 2.13. The summed E-state index contributed by atoms with van der Waals surface area (Å²) in [6.07, 6.45) is 1.59. The van der Waals surface area contributed by atoms with Crippen molar-refractivity contribution in [2.75, 3.05) is 6.61 Å². The molecule has 6 nitrogen and oxygen atoms in total. The lowest BCUT2D eigenvalue weighted by Gasteiger charge is -2.11. The third-order valence-corrected chi connectivity index (χ3v) is 4.78. The molecule has 0 spiro atoms. The number of ether oxygens (including phenoxy) is 1. The molecule has 7 heteroatoms. The Kier molecular flexibility index (Phi) is 6.69. The minimum absolute atomic E-state index is 0.326. The molecule has 2 aromatic carbocycles. The van der Waals surface area contributed by atoms with Crippen molar-refractivity contribution in [3.05, 3.63) is 87.7 Å². The van der Waals surface area contributed by atoms with Crippen LogP contribution in [0.4, 0.5) is 0 Å². The molecule has 0 unspecified atom stereocenters. The van der Waals surface area contributed by atoms with Crippen molar-refractivity contribution in [2.45, 2.75) is 20.8 Å². The maximum atomic E-state index is 12.2. The quantitative estimate of drug-likeness (QED) is 0.355. The smallest absolute Gasteiger partial charge is 0.338 e. The highest BCUT2D eigenvalue weighted by atomic mass is 35.5. The first-order valence-electron chi connectivity index (χ1n) is 9.46. The van der Waals surface area contributed by atoms with Crippen LogP contribution < -0.4 is 5.43 Å². The molecule has 1 N–H and O–H groups in total. The van der Waals surface area contributed by atoms with Crippen LogP contribution >= 0.6 is 11.6 Å². The van der Waals surface area contributed by atoms with Crippen LogP contribution in [0.1, 0.15) is 44.6 Å². The molecule has 0 bridgehead atoms. The number of hydrazone groups is 1. The SMILES string of the molecule is CCOC(=O)c1cccc(-n2c(C)cc(/C=N\NC(=O)c3cccc(Cl)c3)c2C)c1. The van der Waals surface area contributed by atoms with Gasteiger partial charge in [-0.1, -0.05) is 23.7 Å². The molecule has 0 fully saturated rings. The number of hydrogen-bond acceptors (Lipinski definition) is 4. The molecule has 154 valence electrons. The van der Waals surface area contributed by atoms with Crippen LogP contribution in [0.2, 0.25) is 5.02 Å². The van der Waals surface area contributed by atoms with Gasteiger partial charge in [-0.05, 0) is 63.2 Å². The van der Waals surface area contributed by atoms with Gasteiger partial charge in [-0.2, -0.15) is 5.10 Å². The Bertz CT molecular complexity index is 1120. The largest absolute Gasteiger partial charge is 0.462 e. The van der Waals surface area contributed by atoms with Gasteiger partial charge in [0.1, 0.15) is 0 Å². The minimum atomic E-state index is -0.354. The normalized spacial score (nSPS) is 10.9. The molecule has 0 aliphatic rings. The van der Waals surface area contributed by atoms with Crippen LogP contribution in [0.5, 0.6) is 0 Å². The van der Waals surface area contributed by atoms with Crippen LogP contribution in [-0.2, 0) is 4.74 Å². The highest BCUT2D eigenvalue weighted by Crippen LogP contribution is 2.21. The number of halogens is 1. The third kappa shape index (κ3) is 4.78. The number of aromatic nitrogens is 1. The highest BCUT2D eigenvalue weighted by molar-refractivity contribution is 6.30. The van der Waals surface area contributed by atoms with Crippen LogP contribution in [0.15, 0.2) is 59.7 Å². The predicted molar refractivity (Wildman–Crippen MR) is 118 cm³/mol. The van der Waals surface area contributed by atoms with E-state index < -0.39 is 0 Å². The van der Waals surface area contributed by atoms with Gasteiger partial charge in [0.2, 0.25) is 0 Å². The zero-order valence-corrected chi connectivity index (χ0v) is 17.7. The maximum absolute atomic E-state index is 12.2. The summed E-state index contributed by atoms with van der Waals surface area (Å²) in [6.45, 7) is 6.01. The van der Waals surface area contributed by atoms with E-state index in [0.717, 1.165) is 22.6 Å². The Hall–Kier alpha value is -3.38. The fraction of sp³-hybridized carbons (Fsp3) is 0.174. The predicted octanol–water partition coefficient (Wildman–Crippen LogP) is 4.69. The van der Waals surface area contributed by atoms with E-state index in [-0.39, 0.29) is 11.9 Å². The van der Waals surface area contributed by atoms with E-state index in [1.165, 1.54) is 0 Å². The summed E-state index contributed by atoms with van der Waals surface area (Å²) in [7, 11) is 0. The zero-order valence-electron chi connectivity index (χ0n) is 17.0. The monoisotopic (exact) mass is 423 g/mol. The summed E-state index contributed by atoms with van der Waals surface area (Å²) in [5, 5.41) is 4.56. The molecule has 1 heterocycles. The Labute approximate surface area is 180 Å². The molecule has 0 saturated carbocycles. The first kappa shape index (κ1) is 21.3. The number of hydrogen-bond donors (Lipinski definition) is 1. The molecule has 3 aromatic rings. The van der Waals surface area contributed by atoms with Crippen molar-refractivity contribution >= 4 is 29.7 Å². The number of carbonyl (C=O) groups is 2. The molecule has 0 atom stereocenters. The van der Waals surface area contributed by atoms with Crippen molar-refractivity contribution < 1.29 is 14.3 Å². The second-order valence-electron chi connectivity index (χ2n) is 6.64. The Morgan fingerprint density at radius 1 is 1.10 bits per heavy atom. The van der Waals surface area contributed by atoms with E-state index in [1.54, 1.807) is 49.5 Å². The summed E-state index contributed by atoms with van der Waals surface area (Å²) in [5.74, 6) is -0.697. The van der Waals surface area contributed by atoms with Crippen molar-refractivity contribution in [2.24, 2.45) is 5.10 Å². The van der Waals surface area contributed by atoms with Gasteiger partial charge in [0, 0.05) is 33.2 Å². The fourth-order valence-electron chi connectivity index (χ4n) is 3.16. The van der Waals surface area contributed by atoms with Crippen LogP contribution in [-0.4, -0.2) is 29.3 Å². The average molecular weight is 424 g/mol. The Balaban J connectivity index is 1.81. The number of benzene rings is 2. The standard InChI is InChI=1S/C23H22ClN3O3/c1-4-30-23(29)18-8-6-10-21(13-18)27-15(2)11-19(16(27)3)14-25-26-22(28)17-7-5-9-20(24)12-17/h5-14H,4H2,1-3H3,(H,26,28)/b25-14-. The summed E-state index contributed by atoms with van der Waals surface area (Å²) in [6, 6.07) is 15.9. The van der Waals surface area contributed by atoms with Crippen LogP contribution in [0.3, 0.4) is 0 Å². The Morgan fingerprint density at radius 3 is 2.57 bits per heavy atom. The van der Waals surface area contributed by atoms with Crippen molar-refractivity contribution in [3.63, 3.8) is 0 Å². The number of nitrogens with one attached hydrogen (secondary N) is 1. The van der Waals surface area contributed by atoms with Gasteiger partial charge in [0.15, 0.2) is 0 Å². The topological polar surface area (TPSA) is 72.7 Å². The number of esters is 1. The summed E-state index contributed by atoms with van der Waals surface area (Å²) >= 11 is 5.92. The summed E-state index contributed by atoms with van der Waals surface area (Å²) < 4.78 is 7.10. The van der Waals surface area contributed by atoms with Crippen molar-refractivity contribution in [3.8, 4) is 5.69 Å². The number of amides is 1. The maximum Gasteiger partial charge on any atom is 0.338 e. The molecule has 0 radical (unpaired) electrons. The van der Waals surface area contributed by atoms with Crippen molar-refractivity contribution in [1.29, 1.82) is 0 Å². The second kappa shape index (κ2) is 9.41. The molecule has 0 aliphatic carbocycles. The van der Waals surface area contributed by atoms with E-state index in [9.17, 15) is 9.59 Å². The van der Waals surface area contributed by atoms with Gasteiger partial charge < -0.3 is 9.30 Å². The number of rotatable bonds is 6.